The summed E-state index contributed by atoms with van der Waals surface area (Å²) in [5, 5.41) is 23.0. The van der Waals surface area contributed by atoms with Gasteiger partial charge in [-0.1, -0.05) is 166 Å². The first-order valence-electron chi connectivity index (χ1n) is 20.4. The molecule has 4 atom stereocenters. The molecule has 0 fully saturated rings. The second kappa shape index (κ2) is 12.2. The Labute approximate surface area is 328 Å². The zero-order valence-electron chi connectivity index (χ0n) is 32.6. The number of benzene rings is 6. The van der Waals surface area contributed by atoms with Crippen molar-refractivity contribution in [3.63, 3.8) is 0 Å². The van der Waals surface area contributed by atoms with Crippen molar-refractivity contribution in [2.45, 2.75) is 51.6 Å². The van der Waals surface area contributed by atoms with Crippen molar-refractivity contribution in [1.82, 2.24) is 5.32 Å². The van der Waals surface area contributed by atoms with Crippen LogP contribution in [0.2, 0.25) is 0 Å². The van der Waals surface area contributed by atoms with E-state index in [1.165, 1.54) is 98.3 Å². The van der Waals surface area contributed by atoms with Crippen molar-refractivity contribution >= 4 is 65.2 Å². The Kier molecular flexibility index (Phi) is 7.23. The Morgan fingerprint density at radius 1 is 0.464 bits per heavy atom. The lowest BCUT2D eigenvalue weighted by molar-refractivity contribution is 0.397. The van der Waals surface area contributed by atoms with E-state index in [2.05, 4.69) is 196 Å². The Morgan fingerprint density at radius 2 is 1.00 bits per heavy atom. The van der Waals surface area contributed by atoms with Gasteiger partial charge < -0.3 is 10.6 Å². The van der Waals surface area contributed by atoms with E-state index in [0.717, 1.165) is 12.8 Å². The van der Waals surface area contributed by atoms with Crippen LogP contribution in [-0.2, 0) is 6.42 Å². The minimum Gasteiger partial charge on any atom is -0.379 e. The Hall–Kier alpha value is -6.12. The molecule has 3 aliphatic rings. The van der Waals surface area contributed by atoms with Gasteiger partial charge in [0.05, 0.1) is 11.1 Å². The predicted octanol–water partition coefficient (Wildman–Crippen LogP) is 13.0. The van der Waals surface area contributed by atoms with Crippen molar-refractivity contribution in [3.05, 3.63) is 169 Å². The first-order valence-corrected chi connectivity index (χ1v) is 20.4. The molecule has 8 aromatic rings. The summed E-state index contributed by atoms with van der Waals surface area (Å²) in [4.78, 5) is 0. The van der Waals surface area contributed by atoms with E-state index in [1.807, 2.05) is 0 Å². The molecule has 2 N–H and O–H groups in total. The lowest BCUT2D eigenvalue weighted by Gasteiger charge is -2.37. The van der Waals surface area contributed by atoms with Crippen molar-refractivity contribution in [2.24, 2.45) is 11.8 Å². The number of rotatable bonds is 6. The van der Waals surface area contributed by atoms with Crippen LogP contribution in [0.25, 0.3) is 81.8 Å². The third kappa shape index (κ3) is 4.68. The Bertz CT molecular complexity index is 3070. The van der Waals surface area contributed by atoms with Gasteiger partial charge in [-0.15, -0.1) is 0 Å². The molecule has 0 spiro atoms. The normalized spacial score (nSPS) is 23.0. The van der Waals surface area contributed by atoms with E-state index in [9.17, 15) is 0 Å². The average Bonchev–Trinajstić information content (AvgIpc) is 3.73. The van der Waals surface area contributed by atoms with Crippen LogP contribution in [0.4, 0.5) is 5.69 Å². The molecule has 8 aromatic carbocycles. The Morgan fingerprint density at radius 3 is 1.64 bits per heavy atom. The highest BCUT2D eigenvalue weighted by molar-refractivity contribution is 6.43. The van der Waals surface area contributed by atoms with Gasteiger partial charge in [0.15, 0.2) is 0 Å². The molecule has 2 nitrogen and oxygen atoms in total. The van der Waals surface area contributed by atoms with Crippen LogP contribution in [0.15, 0.2) is 158 Å². The fraction of sp³-hybridized carbons (Fsp3) is 0.185. The van der Waals surface area contributed by atoms with Gasteiger partial charge >= 0.3 is 0 Å². The molecule has 0 radical (unpaired) electrons. The second-order valence-corrected chi connectivity index (χ2v) is 16.9. The van der Waals surface area contributed by atoms with Crippen molar-refractivity contribution < 1.29 is 0 Å². The monoisotopic (exact) mass is 722 g/mol. The van der Waals surface area contributed by atoms with E-state index in [1.54, 1.807) is 0 Å². The third-order valence-corrected chi connectivity index (χ3v) is 13.7. The van der Waals surface area contributed by atoms with Crippen LogP contribution in [-0.4, -0.2) is 11.1 Å². The number of allylic oxidation sites excluding steroid dienone is 4. The molecule has 11 rings (SSSR count). The molecule has 0 amide bonds. The van der Waals surface area contributed by atoms with Gasteiger partial charge in [0.25, 0.3) is 0 Å². The van der Waals surface area contributed by atoms with Crippen molar-refractivity contribution in [3.8, 4) is 22.3 Å². The third-order valence-electron chi connectivity index (χ3n) is 13.7. The molecule has 56 heavy (non-hydrogen) atoms. The topological polar surface area (TPSA) is 24.1 Å². The first kappa shape index (κ1) is 33.2. The standard InChI is InChI=1S/C54H46N2/c1-33-17-11-13-31-53(33,3)55-43-29-27-41-47-37(43)23-15-25-39(47)49-45(35-19-7-5-8-20-35)50-40-26-16-24-38-44(56-54(4)32-14-12-18-34(54)2)30-28-42(48(38)40)52(50)46(51(41)49)36-21-9-6-10-22-36/h5-27,29,31-34,55-56H,28,30H2,1-4H3. The van der Waals surface area contributed by atoms with Gasteiger partial charge in [-0.2, -0.15) is 0 Å². The van der Waals surface area contributed by atoms with Gasteiger partial charge in [-0.25, -0.2) is 0 Å². The maximum Gasteiger partial charge on any atom is 0.0591 e. The number of nitrogens with one attached hydrogen (secondary N) is 2. The highest BCUT2D eigenvalue weighted by Crippen LogP contribution is 2.55. The van der Waals surface area contributed by atoms with E-state index < -0.39 is 0 Å². The second-order valence-electron chi connectivity index (χ2n) is 16.9. The molecule has 0 saturated heterocycles. The first-order chi connectivity index (χ1) is 27.3. The minimum absolute atomic E-state index is 0.142. The summed E-state index contributed by atoms with van der Waals surface area (Å²) in [6, 6.07) is 41.2. The van der Waals surface area contributed by atoms with Gasteiger partial charge in [-0.05, 0) is 109 Å². The van der Waals surface area contributed by atoms with Gasteiger partial charge in [-0.3, -0.25) is 0 Å². The number of hydrogen-bond donors (Lipinski definition) is 2. The zero-order valence-corrected chi connectivity index (χ0v) is 32.6. The minimum atomic E-state index is -0.186. The highest BCUT2D eigenvalue weighted by atomic mass is 15.0. The van der Waals surface area contributed by atoms with E-state index in [4.69, 9.17) is 0 Å². The lowest BCUT2D eigenvalue weighted by Crippen LogP contribution is -2.47. The van der Waals surface area contributed by atoms with Gasteiger partial charge in [0.1, 0.15) is 0 Å². The van der Waals surface area contributed by atoms with Crippen LogP contribution in [0.3, 0.4) is 0 Å². The summed E-state index contributed by atoms with van der Waals surface area (Å²) in [6.45, 7) is 9.28. The van der Waals surface area contributed by atoms with E-state index >= 15 is 0 Å². The van der Waals surface area contributed by atoms with Crippen LogP contribution < -0.4 is 15.9 Å². The van der Waals surface area contributed by atoms with E-state index in [0.29, 0.717) is 11.8 Å². The molecule has 2 heteroatoms. The predicted molar refractivity (Wildman–Crippen MR) is 241 cm³/mol. The molecule has 0 saturated carbocycles. The summed E-state index contributed by atoms with van der Waals surface area (Å²) in [5.74, 6) is 0.745. The maximum atomic E-state index is 4.10. The number of fused-ring (bicyclic) bond motifs is 6. The number of hydrogen-bond acceptors (Lipinski definition) is 2. The molecule has 4 unspecified atom stereocenters. The maximum absolute atomic E-state index is 4.10. The fourth-order valence-corrected chi connectivity index (χ4v) is 10.4. The smallest absolute Gasteiger partial charge is 0.0591 e. The molecule has 3 aliphatic carbocycles. The molecule has 0 aromatic heterocycles. The average molecular weight is 723 g/mol. The number of aryl methyl sites for hydroxylation is 1. The largest absolute Gasteiger partial charge is 0.379 e. The number of anilines is 1. The SMILES string of the molecule is CC1C=CC=CC1(C)NC1=c2cccc3c2c(c2c(-c4ccccc4)c4c5ccc(NC6(C)C=CC=CC6C)c6cccc(c4c(-c4ccccc4)c23)c65)CC1. The highest BCUT2D eigenvalue weighted by Gasteiger charge is 2.34. The molecule has 0 bridgehead atoms. The van der Waals surface area contributed by atoms with Crippen LogP contribution in [0, 0.1) is 11.8 Å². The van der Waals surface area contributed by atoms with Gasteiger partial charge in [0.2, 0.25) is 0 Å². The summed E-state index contributed by atoms with van der Waals surface area (Å²) < 4.78 is 0. The Balaban J connectivity index is 1.30. The van der Waals surface area contributed by atoms with Crippen molar-refractivity contribution in [2.75, 3.05) is 5.32 Å². The summed E-state index contributed by atoms with van der Waals surface area (Å²) >= 11 is 0. The quantitative estimate of drug-likeness (QED) is 0.179. The molecule has 0 heterocycles. The molecular weight excluding hydrogens is 677 g/mol. The van der Waals surface area contributed by atoms with Gasteiger partial charge in [0, 0.05) is 33.8 Å². The van der Waals surface area contributed by atoms with Crippen molar-refractivity contribution in [1.29, 1.82) is 0 Å². The lowest BCUT2D eigenvalue weighted by atomic mass is 9.82. The summed E-state index contributed by atoms with van der Waals surface area (Å²) in [6.07, 6.45) is 20.0. The molecule has 0 aliphatic heterocycles. The van der Waals surface area contributed by atoms with Crippen LogP contribution in [0.1, 0.15) is 39.7 Å². The fourth-order valence-electron chi connectivity index (χ4n) is 10.4. The van der Waals surface area contributed by atoms with Crippen LogP contribution in [0.5, 0.6) is 0 Å². The summed E-state index contributed by atoms with van der Waals surface area (Å²) in [5.41, 5.74) is 8.94. The molecular formula is C54H46N2. The molecule has 272 valence electrons. The summed E-state index contributed by atoms with van der Waals surface area (Å²) in [7, 11) is 0. The van der Waals surface area contributed by atoms with E-state index in [-0.39, 0.29) is 11.1 Å². The zero-order chi connectivity index (χ0) is 37.8. The van der Waals surface area contributed by atoms with Crippen LogP contribution >= 0.6 is 0 Å².